The molecule has 2 aliphatic heterocycles. The molecular weight excluding hydrogens is 552 g/mol. The van der Waals surface area contributed by atoms with E-state index in [1.165, 1.54) is 11.8 Å². The molecule has 178 valence electrons. The second-order valence-corrected chi connectivity index (χ2v) is 10.3. The van der Waals surface area contributed by atoms with Crippen molar-refractivity contribution >= 4 is 45.7 Å². The van der Waals surface area contributed by atoms with Gasteiger partial charge in [0.2, 0.25) is 0 Å². The third-order valence-corrected chi connectivity index (χ3v) is 7.64. The van der Waals surface area contributed by atoms with Crippen molar-refractivity contribution in [2.75, 3.05) is 23.4 Å². The Balaban J connectivity index is 1.26. The average Bonchev–Trinajstić information content (AvgIpc) is 3.61. The van der Waals surface area contributed by atoms with Crippen LogP contribution in [-0.4, -0.2) is 55.6 Å². The highest BCUT2D eigenvalue weighted by atomic mass is 127. The molecule has 1 saturated carbocycles. The van der Waals surface area contributed by atoms with Crippen LogP contribution in [0.3, 0.4) is 0 Å². The monoisotopic (exact) mass is 577 g/mol. The van der Waals surface area contributed by atoms with Crippen molar-refractivity contribution in [3.05, 3.63) is 48.1 Å². The van der Waals surface area contributed by atoms with Crippen molar-refractivity contribution in [3.63, 3.8) is 0 Å². The summed E-state index contributed by atoms with van der Waals surface area (Å²) in [5, 5.41) is 11.6. The molecule has 0 aromatic carbocycles. The molecule has 3 aromatic heterocycles. The number of allylic oxidation sites excluding steroid dienone is 1. The number of ether oxygens (including phenoxy) is 1. The molecule has 3 atom stereocenters. The summed E-state index contributed by atoms with van der Waals surface area (Å²) in [5.41, 5.74) is 2.63. The minimum absolute atomic E-state index is 0.172. The summed E-state index contributed by atoms with van der Waals surface area (Å²) in [6, 6.07) is 2.40. The third kappa shape index (κ3) is 3.88. The van der Waals surface area contributed by atoms with Crippen LogP contribution in [0, 0.1) is 0 Å². The summed E-state index contributed by atoms with van der Waals surface area (Å²) in [6.07, 6.45) is 9.99. The van der Waals surface area contributed by atoms with Gasteiger partial charge in [-0.05, 0) is 60.8 Å². The lowest BCUT2D eigenvalue weighted by molar-refractivity contribution is 0.0988. The molecule has 5 heterocycles. The molecule has 3 aliphatic rings. The summed E-state index contributed by atoms with van der Waals surface area (Å²) in [7, 11) is 0. The lowest BCUT2D eigenvalue weighted by Gasteiger charge is -2.27. The second-order valence-electron chi connectivity index (χ2n) is 9.25. The Morgan fingerprint density at radius 3 is 2.85 bits per heavy atom. The summed E-state index contributed by atoms with van der Waals surface area (Å²) in [4.78, 5) is 20.2. The first kappa shape index (κ1) is 22.0. The lowest BCUT2D eigenvalue weighted by Crippen LogP contribution is -2.37. The molecule has 1 N–H and O–H groups in total. The van der Waals surface area contributed by atoms with E-state index in [1.807, 2.05) is 12.3 Å². The van der Waals surface area contributed by atoms with Gasteiger partial charge in [-0.3, -0.25) is 9.48 Å². The van der Waals surface area contributed by atoms with Gasteiger partial charge in [0, 0.05) is 18.9 Å². The fourth-order valence-corrected chi connectivity index (χ4v) is 5.63. The quantitative estimate of drug-likeness (QED) is 0.278. The Morgan fingerprint density at radius 2 is 2.15 bits per heavy atom. The van der Waals surface area contributed by atoms with Crippen molar-refractivity contribution in [1.29, 1.82) is 0 Å². The number of alkyl halides is 2. The van der Waals surface area contributed by atoms with Gasteiger partial charge in [0.1, 0.15) is 17.1 Å². The molecule has 34 heavy (non-hydrogen) atoms. The number of aromatic nitrogens is 5. The number of nitrogens with zero attached hydrogens (tertiary/aromatic N) is 6. The van der Waals surface area contributed by atoms with Crippen LogP contribution in [0.25, 0.3) is 5.65 Å². The number of hydrogen-bond donors (Lipinski definition) is 1. The van der Waals surface area contributed by atoms with Gasteiger partial charge < -0.3 is 15.0 Å². The van der Waals surface area contributed by atoms with Gasteiger partial charge in [-0.15, -0.1) is 0 Å². The predicted molar refractivity (Wildman–Crippen MR) is 133 cm³/mol. The van der Waals surface area contributed by atoms with Crippen LogP contribution in [0.2, 0.25) is 0 Å². The van der Waals surface area contributed by atoms with Crippen molar-refractivity contribution in [2.45, 2.75) is 54.5 Å². The molecular formula is C23H25FIN7O2. The topological polar surface area (TPSA) is 89.6 Å². The van der Waals surface area contributed by atoms with Gasteiger partial charge >= 0.3 is 0 Å². The third-order valence-electron chi connectivity index (χ3n) is 7.05. The molecule has 2 saturated heterocycles. The first-order valence-corrected chi connectivity index (χ1v) is 12.8. The fraction of sp³-hybridized carbons (Fsp3) is 0.478. The first-order valence-electron chi connectivity index (χ1n) is 11.5. The van der Waals surface area contributed by atoms with Gasteiger partial charge in [0.15, 0.2) is 9.83 Å². The molecule has 1 amide bonds. The van der Waals surface area contributed by atoms with Crippen LogP contribution in [0.15, 0.2) is 36.8 Å². The summed E-state index contributed by atoms with van der Waals surface area (Å²) >= 11 is 1.68. The van der Waals surface area contributed by atoms with E-state index >= 15 is 0 Å². The normalized spacial score (nSPS) is 23.7. The lowest BCUT2D eigenvalue weighted by atomic mass is 9.92. The highest BCUT2D eigenvalue weighted by Crippen LogP contribution is 2.36. The Hall–Kier alpha value is -2.54. The zero-order valence-electron chi connectivity index (χ0n) is 18.5. The Kier molecular flexibility index (Phi) is 5.55. The van der Waals surface area contributed by atoms with Crippen LogP contribution in [0.5, 0.6) is 0 Å². The molecule has 6 rings (SSSR count). The molecule has 1 aliphatic carbocycles. The molecule has 0 radical (unpaired) electrons. The van der Waals surface area contributed by atoms with Gasteiger partial charge in [-0.25, -0.2) is 13.9 Å². The average molecular weight is 577 g/mol. The van der Waals surface area contributed by atoms with Gasteiger partial charge in [0.25, 0.3) is 5.91 Å². The van der Waals surface area contributed by atoms with Crippen LogP contribution in [-0.2, 0) is 4.74 Å². The Labute approximate surface area is 209 Å². The van der Waals surface area contributed by atoms with Gasteiger partial charge in [-0.1, -0.05) is 12.2 Å². The smallest absolute Gasteiger partial charge is 0.261 e. The zero-order chi connectivity index (χ0) is 23.4. The predicted octanol–water partition coefficient (Wildman–Crippen LogP) is 4.23. The number of hydrogen-bond acceptors (Lipinski definition) is 6. The number of carbonyl (C=O) groups excluding carboxylic acids is 1. The molecule has 9 nitrogen and oxygen atoms in total. The Morgan fingerprint density at radius 1 is 1.32 bits per heavy atom. The van der Waals surface area contributed by atoms with Crippen molar-refractivity contribution in [3.8, 4) is 0 Å². The highest BCUT2D eigenvalue weighted by Gasteiger charge is 2.39. The zero-order valence-corrected chi connectivity index (χ0v) is 20.7. The molecule has 1 unspecified atom stereocenters. The summed E-state index contributed by atoms with van der Waals surface area (Å²) in [5.74, 6) is 0.419. The molecule has 2 bridgehead atoms. The number of anilines is 2. The highest BCUT2D eigenvalue weighted by molar-refractivity contribution is 14.1. The van der Waals surface area contributed by atoms with E-state index in [-0.39, 0.29) is 23.7 Å². The number of carbonyl (C=O) groups is 1. The SMILES string of the molecule is C=C1CCC(n2cc(NC(=O)c3cnn4ccc(N5C[C@H]6C[C@@H]5CO6)nc34)c(C(F)I)n2)CC1. The first-order chi connectivity index (χ1) is 16.5. The van der Waals surface area contributed by atoms with Gasteiger partial charge in [0.05, 0.1) is 36.7 Å². The summed E-state index contributed by atoms with van der Waals surface area (Å²) < 4.78 is 22.1. The fourth-order valence-electron chi connectivity index (χ4n) is 5.17. The maximum absolute atomic E-state index is 14.4. The molecule has 3 fully saturated rings. The van der Waals surface area contributed by atoms with E-state index in [9.17, 15) is 9.18 Å². The maximum Gasteiger partial charge on any atom is 0.261 e. The van der Waals surface area contributed by atoms with Crippen LogP contribution < -0.4 is 10.2 Å². The van der Waals surface area contributed by atoms with E-state index in [0.717, 1.165) is 44.5 Å². The van der Waals surface area contributed by atoms with Crippen molar-refractivity contribution in [1.82, 2.24) is 24.4 Å². The minimum Gasteiger partial charge on any atom is -0.374 e. The van der Waals surface area contributed by atoms with E-state index in [4.69, 9.17) is 9.72 Å². The van der Waals surface area contributed by atoms with E-state index in [1.54, 1.807) is 38.0 Å². The van der Waals surface area contributed by atoms with Crippen LogP contribution >= 0.6 is 22.6 Å². The molecule has 3 aromatic rings. The molecule has 0 spiro atoms. The van der Waals surface area contributed by atoms with E-state index < -0.39 is 4.18 Å². The second kappa shape index (κ2) is 8.59. The minimum atomic E-state index is -1.34. The number of amides is 1. The number of nitrogens with one attached hydrogen (secondary N) is 1. The van der Waals surface area contributed by atoms with E-state index in [0.29, 0.717) is 29.5 Å². The van der Waals surface area contributed by atoms with Crippen LogP contribution in [0.4, 0.5) is 15.9 Å². The number of fused-ring (bicyclic) bond motifs is 3. The van der Waals surface area contributed by atoms with Crippen molar-refractivity contribution in [2.24, 2.45) is 0 Å². The summed E-state index contributed by atoms with van der Waals surface area (Å²) in [6.45, 7) is 5.56. The molecule has 11 heteroatoms. The standard InChI is InChI=1S/C23H25FIN7O2/c1-13-2-4-14(5-3-13)32-11-18(20(29-32)21(24)25)27-23(33)17-9-26-31-7-6-19(28-22(17)31)30-10-16-8-15(30)12-34-16/h6-7,9,11,14-16,21H,1-5,8,10,12H2,(H,27,33)/t15-,16-,21?/m1/s1. The maximum atomic E-state index is 14.4. The van der Waals surface area contributed by atoms with Crippen LogP contribution in [0.1, 0.15) is 58.4 Å². The number of halogens is 2. The number of rotatable bonds is 5. The van der Waals surface area contributed by atoms with Gasteiger partial charge in [-0.2, -0.15) is 10.2 Å². The van der Waals surface area contributed by atoms with Crippen molar-refractivity contribution < 1.29 is 13.9 Å². The number of morpholine rings is 1. The largest absolute Gasteiger partial charge is 0.374 e. The van der Waals surface area contributed by atoms with E-state index in [2.05, 4.69) is 27.0 Å². The Bertz CT molecular complexity index is 1260.